The van der Waals surface area contributed by atoms with Crippen LogP contribution in [-0.4, -0.2) is 58.9 Å². The second-order valence-corrected chi connectivity index (χ2v) is 9.17. The lowest BCUT2D eigenvalue weighted by atomic mass is 9.95. The van der Waals surface area contributed by atoms with Gasteiger partial charge in [0.2, 0.25) is 0 Å². The highest BCUT2D eigenvalue weighted by molar-refractivity contribution is 9.10. The zero-order valence-corrected chi connectivity index (χ0v) is 18.6. The first-order valence-corrected chi connectivity index (χ1v) is 10.5. The van der Waals surface area contributed by atoms with E-state index >= 15 is 0 Å². The van der Waals surface area contributed by atoms with E-state index in [1.165, 1.54) is 4.57 Å². The second kappa shape index (κ2) is 7.62. The van der Waals surface area contributed by atoms with Crippen molar-refractivity contribution < 1.29 is 4.74 Å². The van der Waals surface area contributed by atoms with E-state index in [9.17, 15) is 4.79 Å². The quantitative estimate of drug-likeness (QED) is 0.672. The number of nitrogens with zero attached hydrogens (tertiary/aromatic N) is 4. The standard InChI is InChI=1S/C20H27BrN6O2/c1-20(2)12-26(14-10-29-11-14)6-7-27(20)16-5-4-13(8-15(16)22)23-18-19(28)25(3)9-17(21)24-18/h4-5,8-9,14H,6-7,10-12,22H2,1-3H3,(H,23,24). The Hall–Kier alpha value is -2.10. The highest BCUT2D eigenvalue weighted by Crippen LogP contribution is 2.35. The maximum atomic E-state index is 12.3. The summed E-state index contributed by atoms with van der Waals surface area (Å²) in [5, 5.41) is 3.09. The highest BCUT2D eigenvalue weighted by Gasteiger charge is 2.38. The number of nitrogens with two attached hydrogens (primary N) is 1. The van der Waals surface area contributed by atoms with Crippen molar-refractivity contribution in [3.8, 4) is 0 Å². The van der Waals surface area contributed by atoms with Crippen molar-refractivity contribution in [1.82, 2.24) is 14.5 Å². The van der Waals surface area contributed by atoms with Gasteiger partial charge in [0.15, 0.2) is 5.82 Å². The number of rotatable bonds is 4. The SMILES string of the molecule is Cn1cc(Br)nc(Nc2ccc(N3CCN(C4COC4)CC3(C)C)c(N)c2)c1=O. The fourth-order valence-electron chi connectivity index (χ4n) is 4.05. The molecule has 2 saturated heterocycles. The van der Waals surface area contributed by atoms with Crippen LogP contribution in [0.3, 0.4) is 0 Å². The normalized spacial score (nSPS) is 19.8. The Morgan fingerprint density at radius 2 is 2.07 bits per heavy atom. The predicted octanol–water partition coefficient (Wildman–Crippen LogP) is 2.17. The highest BCUT2D eigenvalue weighted by atomic mass is 79.9. The maximum Gasteiger partial charge on any atom is 0.293 e. The number of nitrogen functional groups attached to an aromatic ring is 1. The summed E-state index contributed by atoms with van der Waals surface area (Å²) < 4.78 is 7.42. The molecule has 9 heteroatoms. The van der Waals surface area contributed by atoms with E-state index < -0.39 is 0 Å². The molecule has 0 aliphatic carbocycles. The van der Waals surface area contributed by atoms with Crippen LogP contribution in [0.25, 0.3) is 0 Å². The lowest BCUT2D eigenvalue weighted by Crippen LogP contribution is -2.64. The lowest BCUT2D eigenvalue weighted by molar-refractivity contribution is -0.0740. The van der Waals surface area contributed by atoms with Crippen LogP contribution in [0.4, 0.5) is 22.9 Å². The van der Waals surface area contributed by atoms with Gasteiger partial charge in [0.25, 0.3) is 5.56 Å². The average Bonchev–Trinajstić information content (AvgIpc) is 2.58. The zero-order chi connectivity index (χ0) is 20.8. The molecule has 0 atom stereocenters. The molecule has 1 aromatic heterocycles. The number of piperazine rings is 1. The molecule has 2 fully saturated rings. The third kappa shape index (κ3) is 3.99. The van der Waals surface area contributed by atoms with E-state index in [-0.39, 0.29) is 16.9 Å². The minimum absolute atomic E-state index is 0.0430. The van der Waals surface area contributed by atoms with Crippen LogP contribution >= 0.6 is 15.9 Å². The molecule has 0 unspecified atom stereocenters. The molecule has 2 aromatic rings. The Balaban J connectivity index is 1.54. The number of hydrogen-bond donors (Lipinski definition) is 2. The number of aryl methyl sites for hydroxylation is 1. The van der Waals surface area contributed by atoms with Gasteiger partial charge in [-0.25, -0.2) is 4.98 Å². The van der Waals surface area contributed by atoms with Crippen LogP contribution in [0.1, 0.15) is 13.8 Å². The van der Waals surface area contributed by atoms with E-state index in [2.05, 4.69) is 49.9 Å². The number of nitrogens with one attached hydrogen (secondary N) is 1. The summed E-state index contributed by atoms with van der Waals surface area (Å²) in [5.41, 5.74) is 8.61. The molecule has 156 valence electrons. The molecule has 0 spiro atoms. The van der Waals surface area contributed by atoms with Crippen molar-refractivity contribution in [3.05, 3.63) is 39.4 Å². The molecule has 29 heavy (non-hydrogen) atoms. The summed E-state index contributed by atoms with van der Waals surface area (Å²) in [7, 11) is 1.69. The largest absolute Gasteiger partial charge is 0.397 e. The van der Waals surface area contributed by atoms with Gasteiger partial charge in [-0.15, -0.1) is 0 Å². The fraction of sp³-hybridized carbons (Fsp3) is 0.500. The molecule has 1 aromatic carbocycles. The van der Waals surface area contributed by atoms with E-state index in [0.717, 1.165) is 44.2 Å². The maximum absolute atomic E-state index is 12.3. The van der Waals surface area contributed by atoms with Crippen molar-refractivity contribution in [1.29, 1.82) is 0 Å². The van der Waals surface area contributed by atoms with Gasteiger partial charge in [-0.1, -0.05) is 0 Å². The monoisotopic (exact) mass is 462 g/mol. The Labute approximate surface area is 178 Å². The fourth-order valence-corrected chi connectivity index (χ4v) is 4.53. The molecular formula is C20H27BrN6O2. The van der Waals surface area contributed by atoms with Crippen molar-refractivity contribution in [3.63, 3.8) is 0 Å². The summed E-state index contributed by atoms with van der Waals surface area (Å²) in [6, 6.07) is 6.36. The second-order valence-electron chi connectivity index (χ2n) is 8.35. The average molecular weight is 463 g/mol. The molecule has 2 aliphatic rings. The number of benzene rings is 1. The van der Waals surface area contributed by atoms with Gasteiger partial charge in [0.1, 0.15) is 4.60 Å². The van der Waals surface area contributed by atoms with E-state index in [1.54, 1.807) is 13.2 Å². The van der Waals surface area contributed by atoms with Crippen molar-refractivity contribution in [2.45, 2.75) is 25.4 Å². The Kier molecular flexibility index (Phi) is 5.30. The number of hydrogen-bond acceptors (Lipinski definition) is 7. The van der Waals surface area contributed by atoms with Crippen LogP contribution in [-0.2, 0) is 11.8 Å². The zero-order valence-electron chi connectivity index (χ0n) is 17.0. The molecule has 0 amide bonds. The van der Waals surface area contributed by atoms with Crippen LogP contribution < -0.4 is 21.5 Å². The van der Waals surface area contributed by atoms with Crippen LogP contribution in [0.2, 0.25) is 0 Å². The van der Waals surface area contributed by atoms with E-state index in [4.69, 9.17) is 10.5 Å². The lowest BCUT2D eigenvalue weighted by Gasteiger charge is -2.52. The molecule has 0 saturated carbocycles. The molecule has 4 rings (SSSR count). The van der Waals surface area contributed by atoms with Gasteiger partial charge >= 0.3 is 0 Å². The molecule has 8 nitrogen and oxygen atoms in total. The summed E-state index contributed by atoms with van der Waals surface area (Å²) in [4.78, 5) is 21.4. The van der Waals surface area contributed by atoms with Crippen LogP contribution in [0, 0.1) is 0 Å². The van der Waals surface area contributed by atoms with E-state index in [0.29, 0.717) is 16.3 Å². The van der Waals surface area contributed by atoms with Crippen molar-refractivity contribution in [2.75, 3.05) is 48.8 Å². The number of halogens is 1. The van der Waals surface area contributed by atoms with Crippen LogP contribution in [0.5, 0.6) is 0 Å². The summed E-state index contributed by atoms with van der Waals surface area (Å²) in [6.45, 7) is 9.05. The van der Waals surface area contributed by atoms with E-state index in [1.807, 2.05) is 18.2 Å². The predicted molar refractivity (Wildman–Crippen MR) is 119 cm³/mol. The summed E-state index contributed by atoms with van der Waals surface area (Å²) in [6.07, 6.45) is 1.63. The van der Waals surface area contributed by atoms with Crippen molar-refractivity contribution in [2.24, 2.45) is 7.05 Å². The first-order chi connectivity index (χ1) is 13.7. The van der Waals surface area contributed by atoms with Gasteiger partial charge < -0.3 is 25.3 Å². The smallest absolute Gasteiger partial charge is 0.293 e. The van der Waals surface area contributed by atoms with Gasteiger partial charge in [-0.2, -0.15) is 0 Å². The molecule has 2 aliphatic heterocycles. The summed E-state index contributed by atoms with van der Waals surface area (Å²) >= 11 is 3.32. The topological polar surface area (TPSA) is 88.7 Å². The molecule has 3 heterocycles. The molecule has 3 N–H and O–H groups in total. The van der Waals surface area contributed by atoms with Gasteiger partial charge in [0, 0.05) is 44.1 Å². The third-order valence-electron chi connectivity index (χ3n) is 5.69. The molecule has 0 bridgehead atoms. The van der Waals surface area contributed by atoms with Gasteiger partial charge in [0.05, 0.1) is 30.6 Å². The number of anilines is 4. The first kappa shape index (κ1) is 20.2. The minimum atomic E-state index is -0.201. The number of aromatic nitrogens is 2. The van der Waals surface area contributed by atoms with Gasteiger partial charge in [-0.3, -0.25) is 9.69 Å². The molecule has 0 radical (unpaired) electrons. The van der Waals surface area contributed by atoms with Crippen LogP contribution in [0.15, 0.2) is 33.8 Å². The molecular weight excluding hydrogens is 436 g/mol. The summed E-state index contributed by atoms with van der Waals surface area (Å²) in [5.74, 6) is 0.255. The minimum Gasteiger partial charge on any atom is -0.397 e. The van der Waals surface area contributed by atoms with Gasteiger partial charge in [-0.05, 0) is 48.0 Å². The third-order valence-corrected chi connectivity index (χ3v) is 6.07. The Morgan fingerprint density at radius 1 is 1.31 bits per heavy atom. The van der Waals surface area contributed by atoms with Crippen molar-refractivity contribution >= 4 is 38.8 Å². The Bertz CT molecular complexity index is 972. The first-order valence-electron chi connectivity index (χ1n) is 9.74. The Morgan fingerprint density at radius 3 is 2.69 bits per heavy atom. The number of ether oxygens (including phenoxy) is 1.